The molecule has 0 radical (unpaired) electrons. The summed E-state index contributed by atoms with van der Waals surface area (Å²) in [6.07, 6.45) is 4.34. The number of nitro benzene ring substituents is 1. The second-order valence-corrected chi connectivity index (χ2v) is 2.99. The van der Waals surface area contributed by atoms with E-state index in [4.69, 9.17) is 5.53 Å². The van der Waals surface area contributed by atoms with Crippen molar-refractivity contribution >= 4 is 11.8 Å². The van der Waals surface area contributed by atoms with Crippen LogP contribution in [0.1, 0.15) is 12.0 Å². The Hall–Kier alpha value is -2.33. The Bertz CT molecular complexity index is 433. The minimum atomic E-state index is -0.435. The molecule has 1 aromatic carbocycles. The highest BCUT2D eigenvalue weighted by atomic mass is 16.6. The van der Waals surface area contributed by atoms with Crippen molar-refractivity contribution in [2.45, 2.75) is 6.42 Å². The standard InChI is InChI=1S/C10H10N4O2/c11-13-12-8-2-1-3-9-4-6-10(7-5-9)14(15)16/h1,3-7H,2,8H2/b3-1-. The highest BCUT2D eigenvalue weighted by Gasteiger charge is 2.01. The first-order chi connectivity index (χ1) is 7.74. The Morgan fingerprint density at radius 2 is 2.12 bits per heavy atom. The van der Waals surface area contributed by atoms with Crippen molar-refractivity contribution < 1.29 is 4.92 Å². The highest BCUT2D eigenvalue weighted by Crippen LogP contribution is 2.12. The fourth-order valence-corrected chi connectivity index (χ4v) is 1.10. The molecule has 6 nitrogen and oxygen atoms in total. The predicted molar refractivity (Wildman–Crippen MR) is 60.8 cm³/mol. The second kappa shape index (κ2) is 6.21. The lowest BCUT2D eigenvalue weighted by Crippen LogP contribution is -1.86. The summed E-state index contributed by atoms with van der Waals surface area (Å²) >= 11 is 0. The molecule has 0 aliphatic rings. The van der Waals surface area contributed by atoms with Crippen LogP contribution in [-0.2, 0) is 0 Å². The molecule has 1 aromatic rings. The molecule has 82 valence electrons. The van der Waals surface area contributed by atoms with Crippen LogP contribution in [0.2, 0.25) is 0 Å². The van der Waals surface area contributed by atoms with Crippen LogP contribution in [-0.4, -0.2) is 11.5 Å². The van der Waals surface area contributed by atoms with Gasteiger partial charge in [0.2, 0.25) is 0 Å². The topological polar surface area (TPSA) is 91.9 Å². The van der Waals surface area contributed by atoms with Crippen molar-refractivity contribution in [3.8, 4) is 0 Å². The van der Waals surface area contributed by atoms with Gasteiger partial charge in [-0.05, 0) is 29.6 Å². The summed E-state index contributed by atoms with van der Waals surface area (Å²) in [7, 11) is 0. The molecule has 0 saturated carbocycles. The predicted octanol–water partition coefficient (Wildman–Crippen LogP) is 3.31. The monoisotopic (exact) mass is 218 g/mol. The normalized spacial score (nSPS) is 10.0. The van der Waals surface area contributed by atoms with E-state index in [1.165, 1.54) is 12.1 Å². The van der Waals surface area contributed by atoms with Gasteiger partial charge in [-0.1, -0.05) is 17.3 Å². The third-order valence-corrected chi connectivity index (χ3v) is 1.87. The fourth-order valence-electron chi connectivity index (χ4n) is 1.10. The molecular weight excluding hydrogens is 208 g/mol. The van der Waals surface area contributed by atoms with Gasteiger partial charge in [-0.25, -0.2) is 0 Å². The third-order valence-electron chi connectivity index (χ3n) is 1.87. The van der Waals surface area contributed by atoms with Gasteiger partial charge < -0.3 is 0 Å². The molecule has 0 saturated heterocycles. The van der Waals surface area contributed by atoms with E-state index in [-0.39, 0.29) is 5.69 Å². The number of rotatable bonds is 5. The Morgan fingerprint density at radius 1 is 1.44 bits per heavy atom. The van der Waals surface area contributed by atoms with Crippen LogP contribution >= 0.6 is 0 Å². The highest BCUT2D eigenvalue weighted by molar-refractivity contribution is 5.51. The molecule has 16 heavy (non-hydrogen) atoms. The van der Waals surface area contributed by atoms with Crippen LogP contribution in [0.15, 0.2) is 35.5 Å². The zero-order chi connectivity index (χ0) is 11.8. The minimum absolute atomic E-state index is 0.0752. The van der Waals surface area contributed by atoms with Crippen LogP contribution in [0.3, 0.4) is 0 Å². The van der Waals surface area contributed by atoms with Gasteiger partial charge in [0.25, 0.3) is 5.69 Å². The molecule has 0 spiro atoms. The number of azide groups is 1. The van der Waals surface area contributed by atoms with Gasteiger partial charge in [-0.15, -0.1) is 0 Å². The van der Waals surface area contributed by atoms with E-state index < -0.39 is 4.92 Å². The summed E-state index contributed by atoms with van der Waals surface area (Å²) in [6.45, 7) is 0.417. The summed E-state index contributed by atoms with van der Waals surface area (Å²) in [5.41, 5.74) is 8.99. The van der Waals surface area contributed by atoms with Crippen LogP contribution in [0.5, 0.6) is 0 Å². The van der Waals surface area contributed by atoms with Gasteiger partial charge in [0.1, 0.15) is 0 Å². The number of non-ortho nitro benzene ring substituents is 1. The molecule has 0 N–H and O–H groups in total. The summed E-state index contributed by atoms with van der Waals surface area (Å²) in [5.74, 6) is 0. The quantitative estimate of drug-likeness (QED) is 0.189. The Balaban J connectivity index is 2.54. The zero-order valence-electron chi connectivity index (χ0n) is 8.48. The first-order valence-corrected chi connectivity index (χ1v) is 4.66. The van der Waals surface area contributed by atoms with E-state index in [2.05, 4.69) is 10.0 Å². The Labute approximate surface area is 92.0 Å². The lowest BCUT2D eigenvalue weighted by molar-refractivity contribution is -0.384. The number of hydrogen-bond donors (Lipinski definition) is 0. The summed E-state index contributed by atoms with van der Waals surface area (Å²) in [5, 5.41) is 13.8. The van der Waals surface area contributed by atoms with Crippen molar-refractivity contribution in [3.05, 3.63) is 56.5 Å². The molecule has 0 aliphatic heterocycles. The van der Waals surface area contributed by atoms with Crippen molar-refractivity contribution in [2.75, 3.05) is 6.54 Å². The molecule has 6 heteroatoms. The molecule has 0 fully saturated rings. The molecule has 0 aromatic heterocycles. The summed E-state index contributed by atoms with van der Waals surface area (Å²) in [4.78, 5) is 12.6. The smallest absolute Gasteiger partial charge is 0.258 e. The van der Waals surface area contributed by atoms with Gasteiger partial charge in [-0.3, -0.25) is 10.1 Å². The lowest BCUT2D eigenvalue weighted by atomic mass is 10.2. The third kappa shape index (κ3) is 3.81. The zero-order valence-corrected chi connectivity index (χ0v) is 8.48. The van der Waals surface area contributed by atoms with Crippen molar-refractivity contribution in [2.24, 2.45) is 5.11 Å². The van der Waals surface area contributed by atoms with Crippen molar-refractivity contribution in [1.29, 1.82) is 0 Å². The van der Waals surface area contributed by atoms with E-state index in [0.717, 1.165) is 5.56 Å². The molecule has 0 unspecified atom stereocenters. The fraction of sp³-hybridized carbons (Fsp3) is 0.200. The van der Waals surface area contributed by atoms with Gasteiger partial charge in [-0.2, -0.15) is 0 Å². The van der Waals surface area contributed by atoms with Gasteiger partial charge in [0.15, 0.2) is 0 Å². The second-order valence-electron chi connectivity index (χ2n) is 2.99. The van der Waals surface area contributed by atoms with E-state index >= 15 is 0 Å². The van der Waals surface area contributed by atoms with Crippen LogP contribution in [0.25, 0.3) is 16.5 Å². The van der Waals surface area contributed by atoms with Crippen LogP contribution < -0.4 is 0 Å². The molecule has 1 rings (SSSR count). The first-order valence-electron chi connectivity index (χ1n) is 4.66. The molecule has 0 bridgehead atoms. The summed E-state index contributed by atoms with van der Waals surface area (Å²) < 4.78 is 0. The van der Waals surface area contributed by atoms with Crippen molar-refractivity contribution in [1.82, 2.24) is 0 Å². The van der Waals surface area contributed by atoms with Crippen molar-refractivity contribution in [3.63, 3.8) is 0 Å². The Kier molecular flexibility index (Phi) is 4.56. The average Bonchev–Trinajstić information content (AvgIpc) is 2.29. The van der Waals surface area contributed by atoms with Crippen LogP contribution in [0.4, 0.5) is 5.69 Å². The van der Waals surface area contributed by atoms with Gasteiger partial charge in [0.05, 0.1) is 4.92 Å². The molecule has 0 aliphatic carbocycles. The maximum atomic E-state index is 10.4. The average molecular weight is 218 g/mol. The van der Waals surface area contributed by atoms with E-state index in [0.29, 0.717) is 13.0 Å². The maximum Gasteiger partial charge on any atom is 0.269 e. The number of nitrogens with zero attached hydrogens (tertiary/aromatic N) is 4. The largest absolute Gasteiger partial charge is 0.269 e. The molecule has 0 atom stereocenters. The number of hydrogen-bond acceptors (Lipinski definition) is 3. The van der Waals surface area contributed by atoms with Gasteiger partial charge >= 0.3 is 0 Å². The number of benzene rings is 1. The molecule has 0 heterocycles. The molecular formula is C10H10N4O2. The van der Waals surface area contributed by atoms with Crippen LogP contribution in [0, 0.1) is 10.1 Å². The lowest BCUT2D eigenvalue weighted by Gasteiger charge is -1.93. The van der Waals surface area contributed by atoms with Gasteiger partial charge in [0, 0.05) is 23.6 Å². The molecule has 0 amide bonds. The SMILES string of the molecule is [N-]=[N+]=NCC/C=C\c1ccc([N+](=O)[O-])cc1. The maximum absolute atomic E-state index is 10.4. The van der Waals surface area contributed by atoms with E-state index in [9.17, 15) is 10.1 Å². The van der Waals surface area contributed by atoms with E-state index in [1.54, 1.807) is 12.1 Å². The summed E-state index contributed by atoms with van der Waals surface area (Å²) in [6, 6.07) is 6.24. The minimum Gasteiger partial charge on any atom is -0.258 e. The number of nitro groups is 1. The first kappa shape index (κ1) is 11.7. The van der Waals surface area contributed by atoms with E-state index in [1.807, 2.05) is 12.2 Å². The Morgan fingerprint density at radius 3 is 2.69 bits per heavy atom.